The van der Waals surface area contributed by atoms with E-state index < -0.39 is 11.5 Å². The molecule has 0 aliphatic rings. The predicted molar refractivity (Wildman–Crippen MR) is 75.3 cm³/mol. The van der Waals surface area contributed by atoms with Crippen LogP contribution in [0.3, 0.4) is 0 Å². The van der Waals surface area contributed by atoms with E-state index in [1.165, 1.54) is 5.56 Å². The number of rotatable bonds is 8. The van der Waals surface area contributed by atoms with Crippen molar-refractivity contribution in [3.8, 4) is 0 Å². The zero-order valence-electron chi connectivity index (χ0n) is 11.9. The van der Waals surface area contributed by atoms with Crippen LogP contribution in [-0.2, 0) is 21.5 Å². The summed E-state index contributed by atoms with van der Waals surface area (Å²) in [6.07, 6.45) is 1.43. The molecule has 1 atom stereocenters. The van der Waals surface area contributed by atoms with Gasteiger partial charge in [-0.3, -0.25) is 5.32 Å². The van der Waals surface area contributed by atoms with Crippen LogP contribution < -0.4 is 5.32 Å². The molecular weight excluding hydrogens is 242 g/mol. The summed E-state index contributed by atoms with van der Waals surface area (Å²) < 4.78 is 4.98. The van der Waals surface area contributed by atoms with Crippen molar-refractivity contribution in [2.24, 2.45) is 0 Å². The normalized spacial score (nSPS) is 14.1. The number of aliphatic carboxylic acids is 1. The lowest BCUT2D eigenvalue weighted by Crippen LogP contribution is -2.49. The highest BCUT2D eigenvalue weighted by molar-refractivity contribution is 5.80. The second kappa shape index (κ2) is 7.26. The zero-order chi connectivity index (χ0) is 14.3. The number of carboxylic acid groups (broad SMARTS) is 1. The predicted octanol–water partition coefficient (Wildman–Crippen LogP) is 2.17. The first-order valence-electron chi connectivity index (χ1n) is 6.67. The van der Waals surface area contributed by atoms with Gasteiger partial charge in [-0.1, -0.05) is 38.1 Å². The van der Waals surface area contributed by atoms with Crippen molar-refractivity contribution in [1.29, 1.82) is 0 Å². The summed E-state index contributed by atoms with van der Waals surface area (Å²) in [7, 11) is 1.60. The highest BCUT2D eigenvalue weighted by Crippen LogP contribution is 2.26. The van der Waals surface area contributed by atoms with Crippen LogP contribution in [0.4, 0.5) is 0 Å². The van der Waals surface area contributed by atoms with E-state index in [2.05, 4.69) is 12.2 Å². The molecule has 0 radical (unpaired) electrons. The number of carbonyl (C=O) groups is 1. The van der Waals surface area contributed by atoms with Crippen LogP contribution in [0.5, 0.6) is 0 Å². The molecule has 1 aromatic carbocycles. The van der Waals surface area contributed by atoms with Crippen molar-refractivity contribution in [3.05, 3.63) is 35.4 Å². The molecule has 0 amide bonds. The molecule has 1 rings (SSSR count). The third-order valence-corrected chi connectivity index (χ3v) is 3.48. The molecule has 0 saturated heterocycles. The van der Waals surface area contributed by atoms with Gasteiger partial charge in [0.05, 0.1) is 6.61 Å². The maximum Gasteiger partial charge on any atom is 0.328 e. The first kappa shape index (κ1) is 15.7. The van der Waals surface area contributed by atoms with Gasteiger partial charge in [-0.05, 0) is 24.0 Å². The first-order chi connectivity index (χ1) is 9.10. The molecule has 1 unspecified atom stereocenters. The molecular formula is C15H23NO3. The summed E-state index contributed by atoms with van der Waals surface area (Å²) in [5, 5.41) is 12.7. The van der Waals surface area contributed by atoms with E-state index in [-0.39, 0.29) is 0 Å². The molecule has 0 aliphatic heterocycles. The van der Waals surface area contributed by atoms with E-state index in [0.717, 1.165) is 12.0 Å². The Morgan fingerprint density at radius 3 is 2.37 bits per heavy atom. The van der Waals surface area contributed by atoms with Crippen LogP contribution >= 0.6 is 0 Å². The summed E-state index contributed by atoms with van der Waals surface area (Å²) >= 11 is 0. The summed E-state index contributed by atoms with van der Waals surface area (Å²) in [4.78, 5) is 11.7. The minimum atomic E-state index is -1.04. The largest absolute Gasteiger partial charge is 0.480 e. The molecule has 0 spiro atoms. The standard InChI is InChI=1S/C15H23NO3/c1-4-12-6-8-13(9-7-12)15(5-2,14(17)18)16-10-11-19-3/h6-9,16H,4-5,10-11H2,1-3H3,(H,17,18). The minimum Gasteiger partial charge on any atom is -0.480 e. The Hall–Kier alpha value is -1.39. The summed E-state index contributed by atoms with van der Waals surface area (Å²) in [6.45, 7) is 4.95. The SMILES string of the molecule is CCc1ccc(C(CC)(NCCOC)C(=O)O)cc1. The lowest BCUT2D eigenvalue weighted by Gasteiger charge is -2.30. The van der Waals surface area contributed by atoms with E-state index in [4.69, 9.17) is 4.74 Å². The number of aryl methyl sites for hydroxylation is 1. The third kappa shape index (κ3) is 3.55. The summed E-state index contributed by atoms with van der Waals surface area (Å²) in [5.74, 6) is -0.852. The Morgan fingerprint density at radius 1 is 1.32 bits per heavy atom. The zero-order valence-corrected chi connectivity index (χ0v) is 11.9. The number of methoxy groups -OCH3 is 1. The molecule has 19 heavy (non-hydrogen) atoms. The lowest BCUT2D eigenvalue weighted by molar-refractivity contribution is -0.145. The Morgan fingerprint density at radius 2 is 1.95 bits per heavy atom. The average Bonchev–Trinajstić information content (AvgIpc) is 2.44. The molecule has 0 aromatic heterocycles. The van der Waals surface area contributed by atoms with Crippen LogP contribution in [0, 0.1) is 0 Å². The van der Waals surface area contributed by atoms with Gasteiger partial charge in [0.15, 0.2) is 0 Å². The van der Waals surface area contributed by atoms with Gasteiger partial charge in [-0.15, -0.1) is 0 Å². The maximum atomic E-state index is 11.7. The number of hydrogen-bond acceptors (Lipinski definition) is 3. The molecule has 0 saturated carbocycles. The van der Waals surface area contributed by atoms with Crippen molar-refractivity contribution < 1.29 is 14.6 Å². The average molecular weight is 265 g/mol. The number of nitrogens with one attached hydrogen (secondary N) is 1. The van der Waals surface area contributed by atoms with Crippen molar-refractivity contribution in [3.63, 3.8) is 0 Å². The van der Waals surface area contributed by atoms with Gasteiger partial charge in [0, 0.05) is 13.7 Å². The van der Waals surface area contributed by atoms with Crippen molar-refractivity contribution in [2.75, 3.05) is 20.3 Å². The molecule has 4 heteroatoms. The van der Waals surface area contributed by atoms with Gasteiger partial charge < -0.3 is 9.84 Å². The van der Waals surface area contributed by atoms with Crippen molar-refractivity contribution in [2.45, 2.75) is 32.2 Å². The molecule has 0 fully saturated rings. The second-order valence-corrected chi connectivity index (χ2v) is 4.53. The number of ether oxygens (including phenoxy) is 1. The van der Waals surface area contributed by atoms with Crippen LogP contribution in [-0.4, -0.2) is 31.3 Å². The van der Waals surface area contributed by atoms with E-state index in [0.29, 0.717) is 19.6 Å². The van der Waals surface area contributed by atoms with Crippen molar-refractivity contribution >= 4 is 5.97 Å². The monoisotopic (exact) mass is 265 g/mol. The van der Waals surface area contributed by atoms with Crippen LogP contribution in [0.15, 0.2) is 24.3 Å². The van der Waals surface area contributed by atoms with Crippen LogP contribution in [0.25, 0.3) is 0 Å². The van der Waals surface area contributed by atoms with E-state index in [9.17, 15) is 9.90 Å². The topological polar surface area (TPSA) is 58.6 Å². The van der Waals surface area contributed by atoms with Gasteiger partial charge in [-0.2, -0.15) is 0 Å². The highest BCUT2D eigenvalue weighted by atomic mass is 16.5. The van der Waals surface area contributed by atoms with Crippen LogP contribution in [0.2, 0.25) is 0 Å². The Labute approximate surface area is 114 Å². The molecule has 4 nitrogen and oxygen atoms in total. The Balaban J connectivity index is 3.02. The van der Waals surface area contributed by atoms with E-state index >= 15 is 0 Å². The smallest absolute Gasteiger partial charge is 0.328 e. The van der Waals surface area contributed by atoms with Crippen LogP contribution in [0.1, 0.15) is 31.4 Å². The maximum absolute atomic E-state index is 11.7. The second-order valence-electron chi connectivity index (χ2n) is 4.53. The van der Waals surface area contributed by atoms with Gasteiger partial charge >= 0.3 is 5.97 Å². The first-order valence-corrected chi connectivity index (χ1v) is 6.67. The molecule has 0 bridgehead atoms. The molecule has 1 aromatic rings. The minimum absolute atomic E-state index is 0.484. The summed E-state index contributed by atoms with van der Waals surface area (Å²) in [5.41, 5.74) is 0.956. The third-order valence-electron chi connectivity index (χ3n) is 3.48. The molecule has 106 valence electrons. The summed E-state index contributed by atoms with van der Waals surface area (Å²) in [6, 6.07) is 7.77. The lowest BCUT2D eigenvalue weighted by atomic mass is 9.86. The van der Waals surface area contributed by atoms with Gasteiger partial charge in [0.25, 0.3) is 0 Å². The number of hydrogen-bond donors (Lipinski definition) is 2. The van der Waals surface area contributed by atoms with Gasteiger partial charge in [0.1, 0.15) is 5.54 Å². The Bertz CT molecular complexity index is 402. The van der Waals surface area contributed by atoms with E-state index in [1.807, 2.05) is 31.2 Å². The van der Waals surface area contributed by atoms with Crippen molar-refractivity contribution in [1.82, 2.24) is 5.32 Å². The van der Waals surface area contributed by atoms with Gasteiger partial charge in [0.2, 0.25) is 0 Å². The molecule has 0 heterocycles. The molecule has 0 aliphatic carbocycles. The fourth-order valence-corrected chi connectivity index (χ4v) is 2.17. The molecule has 2 N–H and O–H groups in total. The van der Waals surface area contributed by atoms with Gasteiger partial charge in [-0.25, -0.2) is 4.79 Å². The fourth-order valence-electron chi connectivity index (χ4n) is 2.17. The fraction of sp³-hybridized carbons (Fsp3) is 0.533. The van der Waals surface area contributed by atoms with E-state index in [1.54, 1.807) is 7.11 Å². The quantitative estimate of drug-likeness (QED) is 0.707. The Kier molecular flexibility index (Phi) is 5.99. The number of carboxylic acids is 1. The highest BCUT2D eigenvalue weighted by Gasteiger charge is 2.37. The number of benzene rings is 1.